The number of thioether (sulfide) groups is 1. The number of hydrogen-bond donors (Lipinski definition) is 1. The van der Waals surface area contributed by atoms with Gasteiger partial charge in [-0.3, -0.25) is 9.69 Å². The van der Waals surface area contributed by atoms with Gasteiger partial charge in [-0.25, -0.2) is 0 Å². The maximum Gasteiger partial charge on any atom is 0.248 e. The minimum atomic E-state index is 0.119. The molecule has 0 aromatic heterocycles. The third-order valence-corrected chi connectivity index (χ3v) is 5.69. The van der Waals surface area contributed by atoms with Crippen molar-refractivity contribution in [3.8, 4) is 0 Å². The molecule has 3 nitrogen and oxygen atoms in total. The maximum atomic E-state index is 11.5. The number of rotatable bonds is 12. The van der Waals surface area contributed by atoms with Crippen LogP contribution in [-0.2, 0) is 4.79 Å². The van der Waals surface area contributed by atoms with Crippen LogP contribution in [0.5, 0.6) is 0 Å². The van der Waals surface area contributed by atoms with Gasteiger partial charge in [-0.05, 0) is 42.9 Å². The summed E-state index contributed by atoms with van der Waals surface area (Å²) >= 11 is 7.07. The molecule has 0 spiro atoms. The van der Waals surface area contributed by atoms with Gasteiger partial charge in [0, 0.05) is 11.4 Å². The normalized spacial score (nSPS) is 14.2. The number of thiocarbonyl (C=S) groups is 1. The molecule has 0 radical (unpaired) electrons. The predicted molar refractivity (Wildman–Crippen MR) is 106 cm³/mol. The van der Waals surface area contributed by atoms with E-state index in [1.54, 1.807) is 4.90 Å². The van der Waals surface area contributed by atoms with E-state index >= 15 is 0 Å². The first-order valence-electron chi connectivity index (χ1n) is 9.03. The Morgan fingerprint density at radius 3 is 2.21 bits per heavy atom. The highest BCUT2D eigenvalue weighted by molar-refractivity contribution is 7.99. The summed E-state index contributed by atoms with van der Waals surface area (Å²) in [4.78, 5) is 14.6. The molecule has 1 heterocycles. The van der Waals surface area contributed by atoms with Crippen molar-refractivity contribution in [2.24, 2.45) is 0 Å². The average molecular weight is 365 g/mol. The van der Waals surface area contributed by atoms with Crippen LogP contribution in [0.2, 0.25) is 0 Å². The van der Waals surface area contributed by atoms with E-state index in [0.717, 1.165) is 13.0 Å². The van der Waals surface area contributed by atoms with E-state index in [1.807, 2.05) is 11.8 Å². The minimum Gasteiger partial charge on any atom is -0.353 e. The number of nitrogens with zero attached hydrogens (tertiary/aromatic N) is 1. The summed E-state index contributed by atoms with van der Waals surface area (Å²) in [6, 6.07) is 10.6. The van der Waals surface area contributed by atoms with E-state index in [1.165, 1.54) is 55.6 Å². The molecule has 132 valence electrons. The van der Waals surface area contributed by atoms with E-state index < -0.39 is 0 Å². The van der Waals surface area contributed by atoms with E-state index in [2.05, 4.69) is 35.6 Å². The van der Waals surface area contributed by atoms with E-state index in [9.17, 15) is 4.79 Å². The minimum absolute atomic E-state index is 0.119. The first kappa shape index (κ1) is 19.3. The summed E-state index contributed by atoms with van der Waals surface area (Å²) in [5, 5.41) is 3.53. The second kappa shape index (κ2) is 11.5. The Morgan fingerprint density at radius 1 is 0.958 bits per heavy atom. The summed E-state index contributed by atoms with van der Waals surface area (Å²) < 4.78 is 0. The van der Waals surface area contributed by atoms with Crippen molar-refractivity contribution < 1.29 is 4.79 Å². The standard InChI is InChI=1S/C19H28N2OS2/c22-18-16-20-19(23)21(18)14-10-5-3-1-2-4-6-11-15-24-17-12-8-7-9-13-17/h7-9,12-13H,1-6,10-11,14-16H2,(H,20,23). The van der Waals surface area contributed by atoms with Gasteiger partial charge < -0.3 is 5.32 Å². The first-order valence-corrected chi connectivity index (χ1v) is 10.4. The summed E-state index contributed by atoms with van der Waals surface area (Å²) in [5.41, 5.74) is 0. The highest BCUT2D eigenvalue weighted by Crippen LogP contribution is 2.19. The molecule has 0 atom stereocenters. The summed E-state index contributed by atoms with van der Waals surface area (Å²) in [5.74, 6) is 1.34. The molecule has 0 saturated carbocycles. The highest BCUT2D eigenvalue weighted by atomic mass is 32.2. The zero-order valence-electron chi connectivity index (χ0n) is 14.3. The fourth-order valence-electron chi connectivity index (χ4n) is 2.82. The van der Waals surface area contributed by atoms with Gasteiger partial charge in [0.25, 0.3) is 0 Å². The Morgan fingerprint density at radius 2 is 1.58 bits per heavy atom. The molecule has 5 heteroatoms. The van der Waals surface area contributed by atoms with Crippen LogP contribution < -0.4 is 5.32 Å². The Kier molecular flexibility index (Phi) is 9.21. The molecular formula is C19H28N2OS2. The number of hydrogen-bond acceptors (Lipinski definition) is 3. The molecule has 0 bridgehead atoms. The number of carbonyl (C=O) groups excluding carboxylic acids is 1. The summed E-state index contributed by atoms with van der Waals surface area (Å²) in [6.45, 7) is 1.16. The third kappa shape index (κ3) is 7.22. The quantitative estimate of drug-likeness (QED) is 0.333. The summed E-state index contributed by atoms with van der Waals surface area (Å²) in [7, 11) is 0. The maximum absolute atomic E-state index is 11.5. The molecule has 1 saturated heterocycles. The highest BCUT2D eigenvalue weighted by Gasteiger charge is 2.23. The van der Waals surface area contributed by atoms with Crippen molar-refractivity contribution in [2.75, 3.05) is 18.8 Å². The smallest absolute Gasteiger partial charge is 0.248 e. The average Bonchev–Trinajstić information content (AvgIpc) is 2.92. The molecule has 1 aromatic rings. The Bertz CT molecular complexity index is 491. The lowest BCUT2D eigenvalue weighted by atomic mass is 10.1. The topological polar surface area (TPSA) is 32.3 Å². The van der Waals surface area contributed by atoms with Crippen LogP contribution in [-0.4, -0.2) is 34.8 Å². The largest absolute Gasteiger partial charge is 0.353 e. The van der Waals surface area contributed by atoms with Crippen LogP contribution in [0.4, 0.5) is 0 Å². The molecule has 2 rings (SSSR count). The number of amides is 1. The lowest BCUT2D eigenvalue weighted by molar-refractivity contribution is -0.124. The van der Waals surface area contributed by atoms with Gasteiger partial charge in [-0.2, -0.15) is 0 Å². The zero-order chi connectivity index (χ0) is 17.0. The lowest BCUT2D eigenvalue weighted by Crippen LogP contribution is -2.31. The van der Waals surface area contributed by atoms with Crippen LogP contribution >= 0.6 is 24.0 Å². The van der Waals surface area contributed by atoms with Crippen LogP contribution in [0.1, 0.15) is 51.4 Å². The van der Waals surface area contributed by atoms with Crippen molar-refractivity contribution in [3.63, 3.8) is 0 Å². The van der Waals surface area contributed by atoms with Crippen molar-refractivity contribution in [1.82, 2.24) is 10.2 Å². The van der Waals surface area contributed by atoms with Crippen LogP contribution in [0.3, 0.4) is 0 Å². The molecule has 1 N–H and O–H groups in total. The molecule has 24 heavy (non-hydrogen) atoms. The van der Waals surface area contributed by atoms with Crippen LogP contribution in [0, 0.1) is 0 Å². The molecule has 0 aliphatic carbocycles. The van der Waals surface area contributed by atoms with Gasteiger partial charge in [0.15, 0.2) is 5.11 Å². The number of unbranched alkanes of at least 4 members (excludes halogenated alkanes) is 7. The van der Waals surface area contributed by atoms with Crippen molar-refractivity contribution >= 4 is 35.0 Å². The van der Waals surface area contributed by atoms with Crippen molar-refractivity contribution in [1.29, 1.82) is 0 Å². The predicted octanol–water partition coefficient (Wildman–Crippen LogP) is 4.62. The first-order chi connectivity index (χ1) is 11.8. The lowest BCUT2D eigenvalue weighted by Gasteiger charge is -2.13. The molecule has 1 aromatic carbocycles. The van der Waals surface area contributed by atoms with E-state index in [4.69, 9.17) is 12.2 Å². The second-order valence-electron chi connectivity index (χ2n) is 6.19. The molecule has 1 fully saturated rings. The van der Waals surface area contributed by atoms with Gasteiger partial charge in [-0.1, -0.05) is 56.7 Å². The Hall–Kier alpha value is -1.07. The van der Waals surface area contributed by atoms with E-state index in [0.29, 0.717) is 11.7 Å². The molecule has 1 aliphatic heterocycles. The van der Waals surface area contributed by atoms with Crippen LogP contribution in [0.25, 0.3) is 0 Å². The third-order valence-electron chi connectivity index (χ3n) is 4.23. The SMILES string of the molecule is O=C1CNC(=S)N1CCCCCCCCCCSc1ccccc1. The van der Waals surface area contributed by atoms with Gasteiger partial charge in [-0.15, -0.1) is 11.8 Å². The second-order valence-corrected chi connectivity index (χ2v) is 7.75. The fraction of sp³-hybridized carbons (Fsp3) is 0.579. The van der Waals surface area contributed by atoms with Crippen LogP contribution in [0.15, 0.2) is 35.2 Å². The fourth-order valence-corrected chi connectivity index (χ4v) is 4.02. The molecular weight excluding hydrogens is 336 g/mol. The van der Waals surface area contributed by atoms with Crippen molar-refractivity contribution in [3.05, 3.63) is 30.3 Å². The zero-order valence-corrected chi connectivity index (χ0v) is 16.0. The Balaban J connectivity index is 1.35. The van der Waals surface area contributed by atoms with Gasteiger partial charge in [0.1, 0.15) is 0 Å². The number of benzene rings is 1. The molecule has 0 unspecified atom stereocenters. The number of carbonyl (C=O) groups is 1. The van der Waals surface area contributed by atoms with Gasteiger partial charge in [0.2, 0.25) is 5.91 Å². The molecule has 1 aliphatic rings. The molecule has 1 amide bonds. The summed E-state index contributed by atoms with van der Waals surface area (Å²) in [6.07, 6.45) is 10.1. The van der Waals surface area contributed by atoms with Crippen molar-refractivity contribution in [2.45, 2.75) is 56.3 Å². The Labute approximate surface area is 155 Å². The monoisotopic (exact) mass is 364 g/mol. The van der Waals surface area contributed by atoms with Gasteiger partial charge >= 0.3 is 0 Å². The van der Waals surface area contributed by atoms with E-state index in [-0.39, 0.29) is 5.91 Å². The van der Waals surface area contributed by atoms with Gasteiger partial charge in [0.05, 0.1) is 6.54 Å². The number of nitrogens with one attached hydrogen (secondary N) is 1.